The average molecular weight is 377 g/mol. The van der Waals surface area contributed by atoms with Crippen LogP contribution in [-0.2, 0) is 24.2 Å². The fourth-order valence-corrected chi connectivity index (χ4v) is 3.96. The van der Waals surface area contributed by atoms with Crippen molar-refractivity contribution in [2.45, 2.75) is 38.5 Å². The van der Waals surface area contributed by atoms with E-state index in [1.165, 1.54) is 5.56 Å². The summed E-state index contributed by atoms with van der Waals surface area (Å²) in [7, 11) is 2.11. The van der Waals surface area contributed by atoms with Gasteiger partial charge in [0.25, 0.3) is 0 Å². The number of anilines is 2. The molecule has 146 valence electrons. The van der Waals surface area contributed by atoms with Gasteiger partial charge in [0.05, 0.1) is 11.7 Å². The molecule has 2 N–H and O–H groups in total. The van der Waals surface area contributed by atoms with Crippen LogP contribution in [-0.4, -0.2) is 42.7 Å². The molecule has 1 atom stereocenters. The summed E-state index contributed by atoms with van der Waals surface area (Å²) in [6.07, 6.45) is 3.32. The van der Waals surface area contributed by atoms with E-state index in [2.05, 4.69) is 40.8 Å². The summed E-state index contributed by atoms with van der Waals surface area (Å²) in [6, 6.07) is 12.6. The Balaban J connectivity index is 1.62. The van der Waals surface area contributed by atoms with E-state index < -0.39 is 0 Å². The molecule has 6 heteroatoms. The summed E-state index contributed by atoms with van der Waals surface area (Å²) in [5.41, 5.74) is 4.12. The maximum absolute atomic E-state index is 9.85. The van der Waals surface area contributed by atoms with Crippen molar-refractivity contribution in [3.05, 3.63) is 52.6 Å². The third-order valence-corrected chi connectivity index (χ3v) is 5.52. The van der Waals surface area contributed by atoms with Gasteiger partial charge in [0.15, 0.2) is 0 Å². The van der Waals surface area contributed by atoms with E-state index in [0.29, 0.717) is 17.9 Å². The van der Waals surface area contributed by atoms with Gasteiger partial charge in [-0.15, -0.1) is 0 Å². The summed E-state index contributed by atoms with van der Waals surface area (Å²) in [5, 5.41) is 16.8. The van der Waals surface area contributed by atoms with Crippen molar-refractivity contribution in [3.63, 3.8) is 0 Å². The van der Waals surface area contributed by atoms with E-state index in [9.17, 15) is 5.26 Å². The summed E-state index contributed by atoms with van der Waals surface area (Å²) < 4.78 is 5.75. The molecule has 28 heavy (non-hydrogen) atoms. The number of hydrogen-bond acceptors (Lipinski definition) is 6. The molecule has 0 saturated carbocycles. The molecular formula is C22H27N5O. The van der Waals surface area contributed by atoms with Crippen LogP contribution in [0.3, 0.4) is 0 Å². The van der Waals surface area contributed by atoms with Crippen LogP contribution in [0.1, 0.15) is 35.1 Å². The third kappa shape index (κ3) is 4.11. The molecular weight excluding hydrogens is 350 g/mol. The predicted octanol–water partition coefficient (Wildman–Crippen LogP) is 3.14. The van der Waals surface area contributed by atoms with Crippen molar-refractivity contribution in [1.29, 1.82) is 5.26 Å². The van der Waals surface area contributed by atoms with E-state index in [1.807, 2.05) is 18.2 Å². The number of fused-ring (bicyclic) bond motifs is 1. The Morgan fingerprint density at radius 2 is 2.07 bits per heavy atom. The first kappa shape index (κ1) is 18.7. The number of rotatable bonds is 6. The molecule has 2 aromatic rings. The lowest BCUT2D eigenvalue weighted by molar-refractivity contribution is 0.120. The lowest BCUT2D eigenvalue weighted by atomic mass is 9.95. The van der Waals surface area contributed by atoms with Crippen LogP contribution in [0.25, 0.3) is 0 Å². The average Bonchev–Trinajstić information content (AvgIpc) is 3.25. The van der Waals surface area contributed by atoms with Gasteiger partial charge < -0.3 is 20.3 Å². The Morgan fingerprint density at radius 1 is 1.21 bits per heavy atom. The number of nitrogens with zero attached hydrogens (tertiary/aromatic N) is 3. The second kappa shape index (κ2) is 8.59. The summed E-state index contributed by atoms with van der Waals surface area (Å²) in [5.74, 6) is 1.55. The minimum atomic E-state index is 0.246. The molecule has 1 aromatic heterocycles. The lowest BCUT2D eigenvalue weighted by Gasteiger charge is -2.29. The zero-order valence-electron chi connectivity index (χ0n) is 16.4. The van der Waals surface area contributed by atoms with Crippen LogP contribution in [0.5, 0.6) is 0 Å². The van der Waals surface area contributed by atoms with Gasteiger partial charge in [-0.05, 0) is 37.4 Å². The molecule has 1 fully saturated rings. The minimum Gasteiger partial charge on any atom is -0.376 e. The Kier molecular flexibility index (Phi) is 5.75. The largest absolute Gasteiger partial charge is 0.376 e. The zero-order chi connectivity index (χ0) is 19.3. The molecule has 0 amide bonds. The van der Waals surface area contributed by atoms with Crippen molar-refractivity contribution in [2.75, 3.05) is 37.4 Å². The van der Waals surface area contributed by atoms with E-state index in [1.54, 1.807) is 0 Å². The summed E-state index contributed by atoms with van der Waals surface area (Å²) >= 11 is 0. The van der Waals surface area contributed by atoms with Gasteiger partial charge in [0, 0.05) is 38.3 Å². The Hall–Kier alpha value is -2.62. The highest BCUT2D eigenvalue weighted by Gasteiger charge is 2.25. The van der Waals surface area contributed by atoms with Crippen molar-refractivity contribution < 1.29 is 4.74 Å². The number of aromatic nitrogens is 1. The molecule has 0 aliphatic carbocycles. The van der Waals surface area contributed by atoms with Crippen LogP contribution in [0, 0.1) is 11.3 Å². The predicted molar refractivity (Wildman–Crippen MR) is 110 cm³/mol. The molecule has 0 radical (unpaired) electrons. The maximum atomic E-state index is 9.85. The maximum Gasteiger partial charge on any atom is 0.146 e. The van der Waals surface area contributed by atoms with E-state index in [4.69, 9.17) is 9.72 Å². The molecule has 0 bridgehead atoms. The van der Waals surface area contributed by atoms with Crippen molar-refractivity contribution >= 4 is 11.6 Å². The van der Waals surface area contributed by atoms with Crippen molar-refractivity contribution in [3.8, 4) is 6.07 Å². The highest BCUT2D eigenvalue weighted by Crippen LogP contribution is 2.32. The summed E-state index contributed by atoms with van der Waals surface area (Å²) in [6.45, 7) is 4.01. The number of ether oxygens (including phenoxy) is 1. The molecule has 1 aromatic carbocycles. The first-order valence-corrected chi connectivity index (χ1v) is 10.0. The molecule has 3 heterocycles. The van der Waals surface area contributed by atoms with Gasteiger partial charge in [-0.25, -0.2) is 4.98 Å². The first-order valence-electron chi connectivity index (χ1n) is 10.0. The first-order chi connectivity index (χ1) is 13.7. The number of likely N-dealkylation sites (N-methyl/N-ethyl adjacent to an activating group) is 1. The van der Waals surface area contributed by atoms with Gasteiger partial charge >= 0.3 is 0 Å². The minimum absolute atomic E-state index is 0.246. The van der Waals surface area contributed by atoms with Crippen LogP contribution >= 0.6 is 0 Å². The topological polar surface area (TPSA) is 73.2 Å². The van der Waals surface area contributed by atoms with Gasteiger partial charge in [-0.1, -0.05) is 30.3 Å². The quantitative estimate of drug-likeness (QED) is 0.806. The highest BCUT2D eigenvalue weighted by atomic mass is 16.5. The van der Waals surface area contributed by atoms with Gasteiger partial charge in [0.1, 0.15) is 17.7 Å². The standard InChI is InChI=1S/C22H27N5O/c1-27-10-9-18-19(12-23)21(24-13-16-6-3-2-4-7-16)26-22(20(18)15-27)25-14-17-8-5-11-28-17/h2-4,6-7,17H,5,8-11,13-15H2,1H3,(H2,24,25,26)/t17-/m1/s1. The van der Waals surface area contributed by atoms with Gasteiger partial charge in [-0.2, -0.15) is 5.26 Å². The van der Waals surface area contributed by atoms with Crippen LogP contribution < -0.4 is 10.6 Å². The fourth-order valence-electron chi connectivity index (χ4n) is 3.96. The zero-order valence-corrected chi connectivity index (χ0v) is 16.4. The van der Waals surface area contributed by atoms with Gasteiger partial charge in [0.2, 0.25) is 0 Å². The molecule has 6 nitrogen and oxygen atoms in total. The molecule has 4 rings (SSSR count). The van der Waals surface area contributed by atoms with Crippen LogP contribution in [0.15, 0.2) is 30.3 Å². The summed E-state index contributed by atoms with van der Waals surface area (Å²) in [4.78, 5) is 7.12. The fraction of sp³-hybridized carbons (Fsp3) is 0.455. The smallest absolute Gasteiger partial charge is 0.146 e. The molecule has 2 aliphatic heterocycles. The van der Waals surface area contributed by atoms with E-state index in [0.717, 1.165) is 62.4 Å². The van der Waals surface area contributed by atoms with Crippen LogP contribution in [0.4, 0.5) is 11.6 Å². The number of hydrogen-bond donors (Lipinski definition) is 2. The molecule has 0 unspecified atom stereocenters. The van der Waals surface area contributed by atoms with Crippen molar-refractivity contribution in [1.82, 2.24) is 9.88 Å². The monoisotopic (exact) mass is 377 g/mol. The van der Waals surface area contributed by atoms with E-state index >= 15 is 0 Å². The number of benzene rings is 1. The van der Waals surface area contributed by atoms with E-state index in [-0.39, 0.29) is 6.10 Å². The Morgan fingerprint density at radius 3 is 2.82 bits per heavy atom. The van der Waals surface area contributed by atoms with Gasteiger partial charge in [-0.3, -0.25) is 0 Å². The normalized spacial score (nSPS) is 19.1. The second-order valence-corrected chi connectivity index (χ2v) is 7.60. The van der Waals surface area contributed by atoms with Crippen LogP contribution in [0.2, 0.25) is 0 Å². The lowest BCUT2D eigenvalue weighted by Crippen LogP contribution is -2.30. The Bertz CT molecular complexity index is 855. The number of nitriles is 1. The Labute approximate surface area is 166 Å². The number of nitrogens with one attached hydrogen (secondary N) is 2. The molecule has 1 saturated heterocycles. The molecule has 0 spiro atoms. The number of pyridine rings is 1. The second-order valence-electron chi connectivity index (χ2n) is 7.60. The SMILES string of the molecule is CN1CCc2c(C#N)c(NCc3ccccc3)nc(NC[C@H]3CCCO3)c2C1. The molecule has 2 aliphatic rings. The third-order valence-electron chi connectivity index (χ3n) is 5.52. The van der Waals surface area contributed by atoms with Crippen molar-refractivity contribution in [2.24, 2.45) is 0 Å². The highest BCUT2D eigenvalue weighted by molar-refractivity contribution is 5.66.